The fraction of sp³-hybridized carbons (Fsp3) is 0.200. The van der Waals surface area contributed by atoms with Gasteiger partial charge in [0.1, 0.15) is 16.2 Å². The molecule has 2 rings (SSSR count). The molecule has 6 nitrogen and oxygen atoms in total. The fourth-order valence-electron chi connectivity index (χ4n) is 1.31. The molecule has 2 heterocycles. The van der Waals surface area contributed by atoms with Crippen molar-refractivity contribution in [3.63, 3.8) is 0 Å². The average molecular weight is 282 g/mol. The van der Waals surface area contributed by atoms with E-state index in [2.05, 4.69) is 9.97 Å². The minimum absolute atomic E-state index is 0.436. The van der Waals surface area contributed by atoms with Crippen molar-refractivity contribution in [1.82, 2.24) is 15.3 Å². The van der Waals surface area contributed by atoms with E-state index in [0.29, 0.717) is 5.03 Å². The summed E-state index contributed by atoms with van der Waals surface area (Å²) in [6.45, 7) is 1.68. The monoisotopic (exact) mass is 282 g/mol. The topological polar surface area (TPSA) is 98.0 Å². The Kier molecular flexibility index (Phi) is 3.78. The minimum Gasteiger partial charge on any atom is -0.351 e. The number of nitrogens with one attached hydrogen (secondary N) is 1. The molecule has 0 aliphatic rings. The van der Waals surface area contributed by atoms with Gasteiger partial charge in [0, 0.05) is 5.39 Å². The van der Waals surface area contributed by atoms with Crippen molar-refractivity contribution < 1.29 is 9.59 Å². The van der Waals surface area contributed by atoms with Gasteiger partial charge in [-0.05, 0) is 18.4 Å². The number of hydrogen-bond donors (Lipinski definition) is 2. The highest BCUT2D eigenvalue weighted by molar-refractivity contribution is 8.00. The van der Waals surface area contributed by atoms with Gasteiger partial charge >= 0.3 is 6.03 Å². The van der Waals surface area contributed by atoms with Crippen LogP contribution in [-0.4, -0.2) is 27.2 Å². The van der Waals surface area contributed by atoms with Crippen LogP contribution in [-0.2, 0) is 4.79 Å². The number of aromatic nitrogens is 2. The lowest BCUT2D eigenvalue weighted by molar-refractivity contribution is -0.119. The molecule has 94 valence electrons. The molecule has 18 heavy (non-hydrogen) atoms. The molecule has 0 aromatic carbocycles. The third kappa shape index (κ3) is 2.77. The lowest BCUT2D eigenvalue weighted by Gasteiger charge is -2.09. The van der Waals surface area contributed by atoms with Crippen molar-refractivity contribution >= 4 is 45.3 Å². The Morgan fingerprint density at radius 3 is 3.00 bits per heavy atom. The van der Waals surface area contributed by atoms with Gasteiger partial charge < -0.3 is 5.73 Å². The Labute approximate surface area is 111 Å². The van der Waals surface area contributed by atoms with Crippen LogP contribution in [0.4, 0.5) is 4.79 Å². The van der Waals surface area contributed by atoms with E-state index in [-0.39, 0.29) is 0 Å². The predicted octanol–water partition coefficient (Wildman–Crippen LogP) is 1.37. The van der Waals surface area contributed by atoms with Gasteiger partial charge in [0.25, 0.3) is 0 Å². The van der Waals surface area contributed by atoms with Gasteiger partial charge in [-0.25, -0.2) is 14.8 Å². The number of rotatable bonds is 3. The zero-order valence-electron chi connectivity index (χ0n) is 9.41. The maximum atomic E-state index is 11.6. The summed E-state index contributed by atoms with van der Waals surface area (Å²) in [7, 11) is 0. The second kappa shape index (κ2) is 5.32. The molecule has 8 heteroatoms. The normalized spacial score (nSPS) is 12.3. The zero-order chi connectivity index (χ0) is 13.1. The number of carbonyl (C=O) groups is 2. The van der Waals surface area contributed by atoms with Gasteiger partial charge in [-0.1, -0.05) is 11.8 Å². The number of imide groups is 1. The standard InChI is InChI=1S/C10H10N4O2S2/c1-5(7(15)14-10(11)16)18-9-6-2-3-17-8(6)12-4-13-9/h2-5H,1H3,(H3,11,14,15,16)/t5-/m0/s1. The summed E-state index contributed by atoms with van der Waals surface area (Å²) in [5.74, 6) is -0.436. The number of fused-ring (bicyclic) bond motifs is 1. The summed E-state index contributed by atoms with van der Waals surface area (Å²) in [6.07, 6.45) is 1.46. The summed E-state index contributed by atoms with van der Waals surface area (Å²) in [6, 6.07) is 1.05. The number of carbonyl (C=O) groups excluding carboxylic acids is 2. The first-order valence-corrected chi connectivity index (χ1v) is 6.79. The van der Waals surface area contributed by atoms with Crippen molar-refractivity contribution in [1.29, 1.82) is 0 Å². The number of thiophene rings is 1. The molecule has 0 fully saturated rings. The number of amides is 3. The van der Waals surface area contributed by atoms with Crippen molar-refractivity contribution in [2.24, 2.45) is 5.73 Å². The molecular formula is C10H10N4O2S2. The quantitative estimate of drug-likeness (QED) is 0.654. The molecular weight excluding hydrogens is 272 g/mol. The highest BCUT2D eigenvalue weighted by Crippen LogP contribution is 2.30. The maximum absolute atomic E-state index is 11.6. The first-order valence-electron chi connectivity index (χ1n) is 5.03. The van der Waals surface area contributed by atoms with Crippen LogP contribution in [0.15, 0.2) is 22.8 Å². The molecule has 0 aliphatic carbocycles. The maximum Gasteiger partial charge on any atom is 0.318 e. The summed E-state index contributed by atoms with van der Waals surface area (Å²) >= 11 is 2.77. The van der Waals surface area contributed by atoms with E-state index in [1.54, 1.807) is 6.92 Å². The summed E-state index contributed by atoms with van der Waals surface area (Å²) in [5, 5.41) is 5.12. The summed E-state index contributed by atoms with van der Waals surface area (Å²) in [4.78, 5) is 31.3. The zero-order valence-corrected chi connectivity index (χ0v) is 11.0. The van der Waals surface area contributed by atoms with Gasteiger partial charge in [0.15, 0.2) is 0 Å². The smallest absolute Gasteiger partial charge is 0.318 e. The van der Waals surface area contributed by atoms with Gasteiger partial charge in [0.05, 0.1) is 5.25 Å². The van der Waals surface area contributed by atoms with Crippen LogP contribution >= 0.6 is 23.1 Å². The number of urea groups is 1. The highest BCUT2D eigenvalue weighted by Gasteiger charge is 2.18. The van der Waals surface area contributed by atoms with Crippen LogP contribution in [0.1, 0.15) is 6.92 Å². The predicted molar refractivity (Wildman–Crippen MR) is 70.5 cm³/mol. The number of primary amides is 1. The fourth-order valence-corrected chi connectivity index (χ4v) is 3.00. The van der Waals surface area contributed by atoms with E-state index in [1.165, 1.54) is 29.4 Å². The number of nitrogens with zero attached hydrogens (tertiary/aromatic N) is 2. The Hall–Kier alpha value is -1.67. The molecule has 2 aromatic rings. The molecule has 1 atom stereocenters. The third-order valence-electron chi connectivity index (χ3n) is 2.13. The molecule has 0 saturated carbocycles. The van der Waals surface area contributed by atoms with E-state index in [1.807, 2.05) is 16.8 Å². The van der Waals surface area contributed by atoms with Crippen molar-refractivity contribution in [2.75, 3.05) is 0 Å². The molecule has 0 aliphatic heterocycles. The Balaban J connectivity index is 2.16. The summed E-state index contributed by atoms with van der Waals surface area (Å²) in [5.41, 5.74) is 4.89. The van der Waals surface area contributed by atoms with Gasteiger partial charge in [-0.3, -0.25) is 10.1 Å². The first-order chi connectivity index (χ1) is 8.58. The van der Waals surface area contributed by atoms with Crippen molar-refractivity contribution in [3.05, 3.63) is 17.8 Å². The first kappa shape index (κ1) is 12.8. The minimum atomic E-state index is -0.851. The van der Waals surface area contributed by atoms with Crippen molar-refractivity contribution in [3.8, 4) is 0 Å². The van der Waals surface area contributed by atoms with E-state index in [4.69, 9.17) is 5.73 Å². The van der Waals surface area contributed by atoms with E-state index < -0.39 is 17.2 Å². The van der Waals surface area contributed by atoms with Gasteiger partial charge in [-0.15, -0.1) is 11.3 Å². The number of nitrogens with two attached hydrogens (primary N) is 1. The molecule has 0 bridgehead atoms. The third-order valence-corrected chi connectivity index (χ3v) is 4.07. The van der Waals surface area contributed by atoms with Crippen LogP contribution in [0.25, 0.3) is 10.2 Å². The van der Waals surface area contributed by atoms with Gasteiger partial charge in [0.2, 0.25) is 5.91 Å². The van der Waals surface area contributed by atoms with Gasteiger partial charge in [-0.2, -0.15) is 0 Å². The van der Waals surface area contributed by atoms with Crippen LogP contribution in [0.5, 0.6) is 0 Å². The molecule has 0 saturated heterocycles. The Bertz CT molecular complexity index is 598. The lowest BCUT2D eigenvalue weighted by Crippen LogP contribution is -2.39. The van der Waals surface area contributed by atoms with E-state index in [0.717, 1.165) is 10.2 Å². The average Bonchev–Trinajstić information content (AvgIpc) is 2.77. The summed E-state index contributed by atoms with van der Waals surface area (Å²) < 4.78 is 0. The second-order valence-corrected chi connectivity index (χ2v) is 5.66. The number of hydrogen-bond acceptors (Lipinski definition) is 6. The van der Waals surface area contributed by atoms with Crippen molar-refractivity contribution in [2.45, 2.75) is 17.2 Å². The molecule has 0 unspecified atom stereocenters. The largest absolute Gasteiger partial charge is 0.351 e. The van der Waals surface area contributed by atoms with Crippen LogP contribution in [0, 0.1) is 0 Å². The molecule has 3 amide bonds. The van der Waals surface area contributed by atoms with Crippen LogP contribution in [0.3, 0.4) is 0 Å². The van der Waals surface area contributed by atoms with E-state index >= 15 is 0 Å². The second-order valence-electron chi connectivity index (χ2n) is 3.43. The SMILES string of the molecule is C[C@H](Sc1ncnc2sccc12)C(=O)NC(N)=O. The molecule has 0 radical (unpaired) electrons. The Morgan fingerprint density at radius 1 is 1.50 bits per heavy atom. The Morgan fingerprint density at radius 2 is 2.28 bits per heavy atom. The molecule has 2 aromatic heterocycles. The van der Waals surface area contributed by atoms with E-state index in [9.17, 15) is 9.59 Å². The number of thioether (sulfide) groups is 1. The van der Waals surface area contributed by atoms with Crippen LogP contribution in [0.2, 0.25) is 0 Å². The van der Waals surface area contributed by atoms with Crippen LogP contribution < -0.4 is 11.1 Å². The lowest BCUT2D eigenvalue weighted by atomic mass is 10.4. The highest BCUT2D eigenvalue weighted by atomic mass is 32.2. The molecule has 3 N–H and O–H groups in total. The molecule has 0 spiro atoms.